The van der Waals surface area contributed by atoms with Crippen molar-refractivity contribution < 1.29 is 19.1 Å². The summed E-state index contributed by atoms with van der Waals surface area (Å²) in [4.78, 5) is 24.1. The Morgan fingerprint density at radius 2 is 1.30 bits per heavy atom. The minimum Gasteiger partial charge on any atom is -0.465 e. The number of rotatable bonds is 2. The average molecular weight is 272 g/mol. The minimum absolute atomic E-state index is 0.262. The number of benzene rings is 2. The molecular weight excluding hydrogens is 256 g/mol. The smallest absolute Gasteiger partial charge is 0.339 e. The van der Waals surface area contributed by atoms with Crippen LogP contribution in [0.1, 0.15) is 31.8 Å². The van der Waals surface area contributed by atoms with Crippen LogP contribution in [-0.2, 0) is 9.47 Å². The van der Waals surface area contributed by atoms with Crippen molar-refractivity contribution in [2.45, 2.75) is 13.8 Å². The lowest BCUT2D eigenvalue weighted by atomic mass is 9.90. The van der Waals surface area contributed by atoms with Gasteiger partial charge in [-0.25, -0.2) is 9.59 Å². The van der Waals surface area contributed by atoms with Crippen LogP contribution in [0.2, 0.25) is 0 Å². The predicted molar refractivity (Wildman–Crippen MR) is 76.1 cm³/mol. The first-order valence-corrected chi connectivity index (χ1v) is 6.21. The zero-order valence-corrected chi connectivity index (χ0v) is 11.9. The Labute approximate surface area is 117 Å². The van der Waals surface area contributed by atoms with Crippen molar-refractivity contribution in [3.8, 4) is 0 Å². The molecule has 104 valence electrons. The second-order valence-corrected chi connectivity index (χ2v) is 4.53. The van der Waals surface area contributed by atoms with E-state index in [-0.39, 0.29) is 11.1 Å². The molecule has 0 radical (unpaired) electrons. The van der Waals surface area contributed by atoms with Gasteiger partial charge in [0.15, 0.2) is 0 Å². The van der Waals surface area contributed by atoms with E-state index in [4.69, 9.17) is 9.47 Å². The van der Waals surface area contributed by atoms with Gasteiger partial charge in [0, 0.05) is 0 Å². The molecule has 0 aliphatic heterocycles. The molecule has 20 heavy (non-hydrogen) atoms. The van der Waals surface area contributed by atoms with Crippen LogP contribution in [0.4, 0.5) is 0 Å². The fourth-order valence-corrected chi connectivity index (χ4v) is 2.41. The molecule has 2 aromatic carbocycles. The molecule has 2 aromatic rings. The Balaban J connectivity index is 2.99. The van der Waals surface area contributed by atoms with Gasteiger partial charge in [0.1, 0.15) is 0 Å². The molecule has 0 aliphatic carbocycles. The molecule has 0 heterocycles. The number of hydrogen-bond donors (Lipinski definition) is 0. The summed E-state index contributed by atoms with van der Waals surface area (Å²) < 4.78 is 9.64. The van der Waals surface area contributed by atoms with Crippen molar-refractivity contribution in [1.82, 2.24) is 0 Å². The maximum Gasteiger partial charge on any atom is 0.339 e. The summed E-state index contributed by atoms with van der Waals surface area (Å²) in [5.41, 5.74) is 2.22. The number of ether oxygens (including phenoxy) is 2. The monoisotopic (exact) mass is 272 g/mol. The van der Waals surface area contributed by atoms with E-state index in [0.717, 1.165) is 16.5 Å². The Morgan fingerprint density at radius 3 is 1.85 bits per heavy atom. The summed E-state index contributed by atoms with van der Waals surface area (Å²) in [6.45, 7) is 3.73. The molecule has 2 rings (SSSR count). The summed E-state index contributed by atoms with van der Waals surface area (Å²) in [7, 11) is 2.60. The summed E-state index contributed by atoms with van der Waals surface area (Å²) in [6.07, 6.45) is 0. The largest absolute Gasteiger partial charge is 0.465 e. The highest BCUT2D eigenvalue weighted by Crippen LogP contribution is 2.30. The van der Waals surface area contributed by atoms with Crippen molar-refractivity contribution >= 4 is 22.7 Å². The molecule has 0 atom stereocenters. The van der Waals surface area contributed by atoms with Crippen LogP contribution in [0.3, 0.4) is 0 Å². The second-order valence-electron chi connectivity index (χ2n) is 4.53. The minimum atomic E-state index is -0.537. The Morgan fingerprint density at radius 1 is 0.800 bits per heavy atom. The van der Waals surface area contributed by atoms with Crippen molar-refractivity contribution in [3.05, 3.63) is 46.5 Å². The molecule has 0 amide bonds. The van der Waals surface area contributed by atoms with E-state index in [1.807, 2.05) is 25.1 Å². The first-order valence-electron chi connectivity index (χ1n) is 6.21. The van der Waals surface area contributed by atoms with Crippen molar-refractivity contribution in [2.75, 3.05) is 14.2 Å². The van der Waals surface area contributed by atoms with Crippen molar-refractivity contribution in [1.29, 1.82) is 0 Å². The van der Waals surface area contributed by atoms with Crippen LogP contribution in [-0.4, -0.2) is 26.2 Å². The third-order valence-electron chi connectivity index (χ3n) is 3.57. The molecule has 0 aliphatic rings. The van der Waals surface area contributed by atoms with E-state index in [0.29, 0.717) is 5.39 Å². The van der Waals surface area contributed by atoms with E-state index in [2.05, 4.69) is 0 Å². The van der Waals surface area contributed by atoms with Crippen LogP contribution in [0.25, 0.3) is 10.8 Å². The zero-order valence-electron chi connectivity index (χ0n) is 11.9. The van der Waals surface area contributed by atoms with Crippen molar-refractivity contribution in [2.24, 2.45) is 0 Å². The third kappa shape index (κ3) is 2.03. The van der Waals surface area contributed by atoms with E-state index in [1.165, 1.54) is 14.2 Å². The fourth-order valence-electron chi connectivity index (χ4n) is 2.41. The Bertz CT molecular complexity index is 701. The van der Waals surface area contributed by atoms with Crippen LogP contribution < -0.4 is 0 Å². The topological polar surface area (TPSA) is 52.6 Å². The lowest BCUT2D eigenvalue weighted by molar-refractivity contribution is 0.0556. The van der Waals surface area contributed by atoms with E-state index in [9.17, 15) is 9.59 Å². The van der Waals surface area contributed by atoms with Crippen molar-refractivity contribution in [3.63, 3.8) is 0 Å². The second kappa shape index (κ2) is 5.33. The number of esters is 2. The predicted octanol–water partition coefficient (Wildman–Crippen LogP) is 3.03. The van der Waals surface area contributed by atoms with Crippen LogP contribution >= 0.6 is 0 Å². The van der Waals surface area contributed by atoms with Gasteiger partial charge in [-0.05, 0) is 35.7 Å². The van der Waals surface area contributed by atoms with Crippen LogP contribution in [0.15, 0.2) is 24.3 Å². The number of carbonyl (C=O) groups is 2. The molecule has 0 fully saturated rings. The standard InChI is InChI=1S/C16H16O4/c1-9-10(2)13(15(17)19-3)14(16(18)20-4)12-8-6-5-7-11(9)12/h5-8H,1-4H3. The van der Waals surface area contributed by atoms with E-state index in [1.54, 1.807) is 13.0 Å². The molecule has 0 aromatic heterocycles. The molecule has 0 N–H and O–H groups in total. The Hall–Kier alpha value is -2.36. The molecule has 4 nitrogen and oxygen atoms in total. The summed E-state index contributed by atoms with van der Waals surface area (Å²) in [6, 6.07) is 7.45. The van der Waals surface area contributed by atoms with Crippen LogP contribution in [0, 0.1) is 13.8 Å². The van der Waals surface area contributed by atoms with Gasteiger partial charge in [-0.2, -0.15) is 0 Å². The molecule has 0 saturated heterocycles. The molecule has 0 spiro atoms. The molecule has 0 saturated carbocycles. The van der Waals surface area contributed by atoms with Gasteiger partial charge in [-0.15, -0.1) is 0 Å². The summed E-state index contributed by atoms with van der Waals surface area (Å²) >= 11 is 0. The molecular formula is C16H16O4. The summed E-state index contributed by atoms with van der Waals surface area (Å²) in [5.74, 6) is -1.07. The molecule has 0 bridgehead atoms. The summed E-state index contributed by atoms with van der Waals surface area (Å²) in [5, 5.41) is 1.63. The fraction of sp³-hybridized carbons (Fsp3) is 0.250. The molecule has 4 heteroatoms. The maximum atomic E-state index is 12.1. The third-order valence-corrected chi connectivity index (χ3v) is 3.57. The van der Waals surface area contributed by atoms with Gasteiger partial charge >= 0.3 is 11.9 Å². The zero-order chi connectivity index (χ0) is 14.9. The lowest BCUT2D eigenvalue weighted by Crippen LogP contribution is -2.15. The van der Waals surface area contributed by atoms with Crippen LogP contribution in [0.5, 0.6) is 0 Å². The average Bonchev–Trinajstić information content (AvgIpc) is 2.49. The number of aryl methyl sites for hydroxylation is 1. The Kier molecular flexibility index (Phi) is 3.74. The molecule has 0 unspecified atom stereocenters. The SMILES string of the molecule is COC(=O)c1c(C)c(C)c2ccccc2c1C(=O)OC. The number of hydrogen-bond acceptors (Lipinski definition) is 4. The highest BCUT2D eigenvalue weighted by atomic mass is 16.5. The quantitative estimate of drug-likeness (QED) is 0.788. The van der Waals surface area contributed by atoms with E-state index >= 15 is 0 Å². The van der Waals surface area contributed by atoms with Gasteiger partial charge < -0.3 is 9.47 Å². The van der Waals surface area contributed by atoms with Gasteiger partial charge in [-0.3, -0.25) is 0 Å². The van der Waals surface area contributed by atoms with Gasteiger partial charge in [-0.1, -0.05) is 24.3 Å². The number of methoxy groups -OCH3 is 2. The number of carbonyl (C=O) groups excluding carboxylic acids is 2. The first-order chi connectivity index (χ1) is 9.52. The number of fused-ring (bicyclic) bond motifs is 1. The highest BCUT2D eigenvalue weighted by Gasteiger charge is 2.25. The normalized spacial score (nSPS) is 10.4. The lowest BCUT2D eigenvalue weighted by Gasteiger charge is -2.16. The van der Waals surface area contributed by atoms with Gasteiger partial charge in [0.25, 0.3) is 0 Å². The first kappa shape index (κ1) is 14.1. The highest BCUT2D eigenvalue weighted by molar-refractivity contribution is 6.14. The van der Waals surface area contributed by atoms with E-state index < -0.39 is 11.9 Å². The van der Waals surface area contributed by atoms with Gasteiger partial charge in [0.05, 0.1) is 25.3 Å². The maximum absolute atomic E-state index is 12.1. The van der Waals surface area contributed by atoms with Gasteiger partial charge in [0.2, 0.25) is 0 Å².